The quantitative estimate of drug-likeness (QED) is 0.157. The Balaban J connectivity index is 1.12. The minimum Gasteiger partial charge on any atom is -0.493 e. The number of hydrogen-bond donors (Lipinski definition) is 1. The summed E-state index contributed by atoms with van der Waals surface area (Å²) >= 11 is 0. The van der Waals surface area contributed by atoms with E-state index in [9.17, 15) is 8.42 Å². The first-order valence-electron chi connectivity index (χ1n) is 13.9. The molecule has 1 fully saturated rings. The van der Waals surface area contributed by atoms with Crippen molar-refractivity contribution in [1.29, 1.82) is 0 Å². The van der Waals surface area contributed by atoms with Crippen LogP contribution in [0.15, 0.2) is 71.8 Å². The molecule has 216 valence electrons. The molecule has 4 aromatic rings. The lowest BCUT2D eigenvalue weighted by atomic mass is 10.1. The number of anilines is 1. The summed E-state index contributed by atoms with van der Waals surface area (Å²) in [6.07, 6.45) is 4.66. The Morgan fingerprint density at radius 3 is 2.71 bits per heavy atom. The Labute approximate surface area is 241 Å². The number of hydrogen-bond acceptors (Lipinski definition) is 9. The van der Waals surface area contributed by atoms with Crippen LogP contribution in [0.25, 0.3) is 22.2 Å². The van der Waals surface area contributed by atoms with E-state index in [1.165, 1.54) is 12.1 Å². The maximum absolute atomic E-state index is 12.8. The molecule has 1 atom stereocenters. The zero-order chi connectivity index (χ0) is 28.7. The standard InChI is InChI=1S/C31H35N3O6S/c1-3-32-30-15-10-24(21-33-30)28-13-9-23-19-25(11-14-27(23)34-28)37-17-6-18-39-41(35,36)26-12-8-22(2)29(20-26)40-31-7-4-5-16-38-31/h8-15,19-21,31H,3-7,16-18H2,1-2H3,(H,32,33). The SMILES string of the molecule is CCNc1ccc(-c2ccc3cc(OCCCOS(=O)(=O)c4ccc(C)c(OC5CCCCO5)c4)ccc3n2)cn1. The second kappa shape index (κ2) is 13.3. The van der Waals surface area contributed by atoms with Gasteiger partial charge in [-0.15, -0.1) is 0 Å². The Hall–Kier alpha value is -3.73. The van der Waals surface area contributed by atoms with E-state index >= 15 is 0 Å². The van der Waals surface area contributed by atoms with E-state index < -0.39 is 10.1 Å². The topological polar surface area (TPSA) is 109 Å². The number of fused-ring (bicyclic) bond motifs is 1. The first-order valence-corrected chi connectivity index (χ1v) is 15.3. The van der Waals surface area contributed by atoms with Crippen LogP contribution in [0, 0.1) is 6.92 Å². The Morgan fingerprint density at radius 1 is 1.02 bits per heavy atom. The summed E-state index contributed by atoms with van der Waals surface area (Å²) in [7, 11) is -3.94. The average Bonchev–Trinajstić information content (AvgIpc) is 2.99. The molecule has 1 aliphatic heterocycles. The lowest BCUT2D eigenvalue weighted by Crippen LogP contribution is -2.25. The van der Waals surface area contributed by atoms with Crippen molar-refractivity contribution in [1.82, 2.24) is 9.97 Å². The monoisotopic (exact) mass is 577 g/mol. The first kappa shape index (κ1) is 28.8. The van der Waals surface area contributed by atoms with Crippen LogP contribution in [0.4, 0.5) is 5.82 Å². The molecule has 0 radical (unpaired) electrons. The fourth-order valence-electron chi connectivity index (χ4n) is 4.48. The van der Waals surface area contributed by atoms with Gasteiger partial charge in [-0.25, -0.2) is 9.97 Å². The fourth-order valence-corrected chi connectivity index (χ4v) is 5.44. The van der Waals surface area contributed by atoms with Gasteiger partial charge in [-0.2, -0.15) is 8.42 Å². The van der Waals surface area contributed by atoms with E-state index in [1.807, 2.05) is 62.5 Å². The van der Waals surface area contributed by atoms with Gasteiger partial charge < -0.3 is 19.5 Å². The van der Waals surface area contributed by atoms with Crippen molar-refractivity contribution < 1.29 is 26.8 Å². The van der Waals surface area contributed by atoms with Crippen LogP contribution in [0.2, 0.25) is 0 Å². The maximum Gasteiger partial charge on any atom is 0.297 e. The summed E-state index contributed by atoms with van der Waals surface area (Å²) in [5, 5.41) is 4.13. The Bertz CT molecular complexity index is 1570. The van der Waals surface area contributed by atoms with Crippen molar-refractivity contribution in [2.75, 3.05) is 31.7 Å². The number of nitrogens with one attached hydrogen (secondary N) is 1. The molecular weight excluding hydrogens is 542 g/mol. The normalized spacial score (nSPS) is 15.5. The van der Waals surface area contributed by atoms with E-state index in [2.05, 4.69) is 10.3 Å². The summed E-state index contributed by atoms with van der Waals surface area (Å²) in [4.78, 5) is 9.23. The fraction of sp³-hybridized carbons (Fsp3) is 0.355. The number of ether oxygens (including phenoxy) is 3. The van der Waals surface area contributed by atoms with E-state index in [1.54, 1.807) is 6.07 Å². The van der Waals surface area contributed by atoms with Crippen LogP contribution in [0.1, 0.15) is 38.2 Å². The van der Waals surface area contributed by atoms with Crippen molar-refractivity contribution in [2.24, 2.45) is 0 Å². The minimum atomic E-state index is -3.94. The minimum absolute atomic E-state index is 0.00274. The molecule has 10 heteroatoms. The average molecular weight is 578 g/mol. The van der Waals surface area contributed by atoms with Gasteiger partial charge in [0.2, 0.25) is 0 Å². The summed E-state index contributed by atoms with van der Waals surface area (Å²) in [5.41, 5.74) is 3.46. The van der Waals surface area contributed by atoms with Gasteiger partial charge in [0, 0.05) is 42.6 Å². The predicted octanol–water partition coefficient (Wildman–Crippen LogP) is 6.12. The maximum atomic E-state index is 12.8. The van der Waals surface area contributed by atoms with Gasteiger partial charge in [-0.3, -0.25) is 4.18 Å². The first-order chi connectivity index (χ1) is 19.9. The van der Waals surface area contributed by atoms with Gasteiger partial charge in [0.1, 0.15) is 17.3 Å². The van der Waals surface area contributed by atoms with Gasteiger partial charge >= 0.3 is 0 Å². The lowest BCUT2D eigenvalue weighted by Gasteiger charge is -2.24. The van der Waals surface area contributed by atoms with E-state index in [4.69, 9.17) is 23.4 Å². The molecule has 1 N–H and O–H groups in total. The van der Waals surface area contributed by atoms with Crippen LogP contribution < -0.4 is 14.8 Å². The van der Waals surface area contributed by atoms with E-state index in [0.717, 1.165) is 59.3 Å². The van der Waals surface area contributed by atoms with Gasteiger partial charge in [0.05, 0.1) is 35.9 Å². The van der Waals surface area contributed by atoms with Crippen LogP contribution >= 0.6 is 0 Å². The van der Waals surface area contributed by atoms with Crippen molar-refractivity contribution >= 4 is 26.8 Å². The number of nitrogens with zero attached hydrogens (tertiary/aromatic N) is 2. The zero-order valence-corrected chi connectivity index (χ0v) is 24.2. The third kappa shape index (κ3) is 7.52. The molecule has 1 aliphatic rings. The van der Waals surface area contributed by atoms with Crippen LogP contribution in [-0.4, -0.2) is 51.0 Å². The van der Waals surface area contributed by atoms with Gasteiger partial charge in [0.15, 0.2) is 6.29 Å². The Morgan fingerprint density at radius 2 is 1.93 bits per heavy atom. The van der Waals surface area contributed by atoms with Gasteiger partial charge in [0.25, 0.3) is 10.1 Å². The molecule has 0 spiro atoms. The second-order valence-corrected chi connectivity index (χ2v) is 11.4. The van der Waals surface area contributed by atoms with Gasteiger partial charge in [-0.05, 0) is 74.7 Å². The molecule has 2 aromatic carbocycles. The highest BCUT2D eigenvalue weighted by molar-refractivity contribution is 7.86. The molecule has 0 bridgehead atoms. The summed E-state index contributed by atoms with van der Waals surface area (Å²) in [5.74, 6) is 2.00. The molecule has 0 amide bonds. The number of pyridine rings is 2. The van der Waals surface area contributed by atoms with Crippen LogP contribution in [0.5, 0.6) is 11.5 Å². The van der Waals surface area contributed by atoms with Gasteiger partial charge in [-0.1, -0.05) is 12.1 Å². The predicted molar refractivity (Wildman–Crippen MR) is 158 cm³/mol. The Kier molecular flexibility index (Phi) is 9.33. The lowest BCUT2D eigenvalue weighted by molar-refractivity contribution is -0.106. The molecule has 0 saturated carbocycles. The highest BCUT2D eigenvalue weighted by Crippen LogP contribution is 2.27. The highest BCUT2D eigenvalue weighted by atomic mass is 32.2. The largest absolute Gasteiger partial charge is 0.493 e. The smallest absolute Gasteiger partial charge is 0.297 e. The number of benzene rings is 2. The third-order valence-electron chi connectivity index (χ3n) is 6.72. The molecule has 1 saturated heterocycles. The highest BCUT2D eigenvalue weighted by Gasteiger charge is 2.20. The van der Waals surface area contributed by atoms with Crippen molar-refractivity contribution in [3.05, 3.63) is 72.4 Å². The van der Waals surface area contributed by atoms with E-state index in [0.29, 0.717) is 31.1 Å². The summed E-state index contributed by atoms with van der Waals surface area (Å²) < 4.78 is 48.2. The summed E-state index contributed by atoms with van der Waals surface area (Å²) in [6.45, 7) is 5.67. The molecule has 9 nitrogen and oxygen atoms in total. The van der Waals surface area contributed by atoms with Crippen LogP contribution in [-0.2, 0) is 19.0 Å². The summed E-state index contributed by atoms with van der Waals surface area (Å²) in [6, 6.07) is 18.3. The van der Waals surface area contributed by atoms with Crippen molar-refractivity contribution in [2.45, 2.75) is 50.7 Å². The van der Waals surface area contributed by atoms with Crippen LogP contribution in [0.3, 0.4) is 0 Å². The van der Waals surface area contributed by atoms with Crippen molar-refractivity contribution in [3.8, 4) is 22.8 Å². The molecule has 0 aliphatic carbocycles. The number of rotatable bonds is 12. The van der Waals surface area contributed by atoms with E-state index in [-0.39, 0.29) is 17.8 Å². The molecular formula is C31H35N3O6S. The molecule has 5 rings (SSSR count). The zero-order valence-electron chi connectivity index (χ0n) is 23.3. The number of aromatic nitrogens is 2. The molecule has 3 heterocycles. The second-order valence-electron chi connectivity index (χ2n) is 9.83. The third-order valence-corrected chi connectivity index (χ3v) is 8.03. The molecule has 41 heavy (non-hydrogen) atoms. The van der Waals surface area contributed by atoms with Crippen molar-refractivity contribution in [3.63, 3.8) is 0 Å². The molecule has 1 unspecified atom stereocenters. The molecule has 2 aromatic heterocycles. The number of aryl methyl sites for hydroxylation is 1.